The first-order chi connectivity index (χ1) is 17.1. The normalized spacial score (nSPS) is 12.4. The number of hydrogen-bond donors (Lipinski definition) is 1. The summed E-state index contributed by atoms with van der Waals surface area (Å²) >= 11 is 0. The zero-order chi connectivity index (χ0) is 26.0. The van der Waals surface area contributed by atoms with Gasteiger partial charge in [0.25, 0.3) is 5.56 Å². The molecule has 1 unspecified atom stereocenters. The van der Waals surface area contributed by atoms with Crippen LogP contribution in [0.1, 0.15) is 17.2 Å². The van der Waals surface area contributed by atoms with Crippen molar-refractivity contribution in [1.29, 1.82) is 0 Å². The summed E-state index contributed by atoms with van der Waals surface area (Å²) in [6.45, 7) is -0.891. The van der Waals surface area contributed by atoms with Gasteiger partial charge >= 0.3 is 5.69 Å². The highest BCUT2D eigenvalue weighted by Gasteiger charge is 2.23. The second-order valence-corrected chi connectivity index (χ2v) is 10.2. The van der Waals surface area contributed by atoms with Gasteiger partial charge in [-0.15, -0.1) is 0 Å². The maximum atomic E-state index is 14.7. The number of nitrogens with two attached hydrogens (primary N) is 1. The Balaban J connectivity index is 1.93. The van der Waals surface area contributed by atoms with Gasteiger partial charge in [-0.1, -0.05) is 48.5 Å². The van der Waals surface area contributed by atoms with Crippen LogP contribution in [0.25, 0.3) is 11.3 Å². The molecule has 0 amide bonds. The highest BCUT2D eigenvalue weighted by Crippen LogP contribution is 2.21. The first kappa shape index (κ1) is 25.1. The molecule has 186 valence electrons. The number of rotatable bonds is 7. The van der Waals surface area contributed by atoms with Crippen LogP contribution in [0.15, 0.2) is 87.3 Å². The van der Waals surface area contributed by atoms with E-state index in [1.54, 1.807) is 30.3 Å². The van der Waals surface area contributed by atoms with Gasteiger partial charge < -0.3 is 5.73 Å². The second-order valence-electron chi connectivity index (χ2n) is 8.19. The summed E-state index contributed by atoms with van der Waals surface area (Å²) in [5.74, 6) is -1.63. The van der Waals surface area contributed by atoms with E-state index in [0.717, 1.165) is 27.6 Å². The Hall–Kier alpha value is -3.96. The largest absolute Gasteiger partial charge is 0.347 e. The van der Waals surface area contributed by atoms with Gasteiger partial charge in [0.05, 0.1) is 18.0 Å². The fraction of sp³-hybridized carbons (Fsp3) is 0.160. The van der Waals surface area contributed by atoms with Gasteiger partial charge in [-0.2, -0.15) is 5.10 Å². The minimum absolute atomic E-state index is 0.171. The van der Waals surface area contributed by atoms with Gasteiger partial charge in [-0.05, 0) is 29.8 Å². The number of hydrogen-bond acceptors (Lipinski definition) is 6. The van der Waals surface area contributed by atoms with Crippen molar-refractivity contribution in [2.75, 3.05) is 6.26 Å². The molecule has 1 atom stereocenters. The van der Waals surface area contributed by atoms with Crippen LogP contribution in [-0.4, -0.2) is 29.0 Å². The molecule has 8 nitrogen and oxygen atoms in total. The van der Waals surface area contributed by atoms with Crippen LogP contribution in [0.2, 0.25) is 0 Å². The molecule has 0 saturated heterocycles. The van der Waals surface area contributed by atoms with E-state index < -0.39 is 51.0 Å². The first-order valence-electron chi connectivity index (χ1n) is 10.8. The van der Waals surface area contributed by atoms with Gasteiger partial charge in [0.1, 0.15) is 11.6 Å². The Morgan fingerprint density at radius 1 is 0.917 bits per heavy atom. The van der Waals surface area contributed by atoms with Gasteiger partial charge in [-0.3, -0.25) is 9.36 Å². The maximum Gasteiger partial charge on any atom is 0.347 e. The second kappa shape index (κ2) is 9.96. The summed E-state index contributed by atoms with van der Waals surface area (Å²) in [4.78, 5) is 26.3. The van der Waals surface area contributed by atoms with Crippen molar-refractivity contribution in [3.63, 3.8) is 0 Å². The molecule has 0 bridgehead atoms. The van der Waals surface area contributed by atoms with E-state index >= 15 is 0 Å². The lowest BCUT2D eigenvalue weighted by molar-refractivity contribution is 0.474. The number of aromatic nitrogens is 3. The summed E-state index contributed by atoms with van der Waals surface area (Å²) in [5.41, 5.74) is 4.18. The molecular weight excluding hydrogens is 490 g/mol. The predicted octanol–water partition coefficient (Wildman–Crippen LogP) is 2.50. The van der Waals surface area contributed by atoms with Crippen molar-refractivity contribution in [2.45, 2.75) is 24.0 Å². The minimum Gasteiger partial charge on any atom is -0.322 e. The van der Waals surface area contributed by atoms with Crippen molar-refractivity contribution in [3.05, 3.63) is 116 Å². The molecule has 0 radical (unpaired) electrons. The zero-order valence-corrected chi connectivity index (χ0v) is 20.0. The van der Waals surface area contributed by atoms with Crippen molar-refractivity contribution in [1.82, 2.24) is 14.3 Å². The lowest BCUT2D eigenvalue weighted by Gasteiger charge is -2.17. The molecule has 1 aromatic heterocycles. The van der Waals surface area contributed by atoms with E-state index in [1.165, 1.54) is 30.3 Å². The number of sulfone groups is 1. The summed E-state index contributed by atoms with van der Waals surface area (Å²) in [7, 11) is -3.86. The Morgan fingerprint density at radius 3 is 2.22 bits per heavy atom. The van der Waals surface area contributed by atoms with Gasteiger partial charge in [-0.25, -0.2) is 26.7 Å². The maximum absolute atomic E-state index is 14.7. The van der Waals surface area contributed by atoms with Crippen molar-refractivity contribution in [2.24, 2.45) is 5.73 Å². The average Bonchev–Trinajstić information content (AvgIpc) is 2.85. The topological polar surface area (TPSA) is 117 Å². The van der Waals surface area contributed by atoms with Gasteiger partial charge in [0, 0.05) is 23.4 Å². The standard InChI is InChI=1S/C25H22F2N4O4S/c1-36(34,35)22-13-7-12-20(27)18(22)14-31-25(33)30(15-21(28)16-8-3-2-4-9-16)24(32)23(29-31)17-10-5-6-11-19(17)26/h2-13,21H,14-15,28H2,1H3. The van der Waals surface area contributed by atoms with Crippen molar-refractivity contribution in [3.8, 4) is 11.3 Å². The fourth-order valence-corrected chi connectivity index (χ4v) is 4.77. The number of benzene rings is 3. The molecule has 36 heavy (non-hydrogen) atoms. The molecule has 0 aliphatic carbocycles. The van der Waals surface area contributed by atoms with E-state index in [9.17, 15) is 26.8 Å². The molecule has 0 saturated carbocycles. The SMILES string of the molecule is CS(=O)(=O)c1cccc(F)c1Cn1nc(-c2ccccc2F)c(=O)n(CC(N)c2ccccc2)c1=O. The molecule has 3 aromatic carbocycles. The molecule has 4 aromatic rings. The smallest absolute Gasteiger partial charge is 0.322 e. The molecule has 2 N–H and O–H groups in total. The third-order valence-corrected chi connectivity index (χ3v) is 6.82. The summed E-state index contributed by atoms with van der Waals surface area (Å²) < 4.78 is 55.4. The molecular formula is C25H22F2N4O4S. The Bertz CT molecular complexity index is 1650. The summed E-state index contributed by atoms with van der Waals surface area (Å²) in [6.07, 6.45) is 0.909. The predicted molar refractivity (Wildman–Crippen MR) is 130 cm³/mol. The van der Waals surface area contributed by atoms with E-state index in [4.69, 9.17) is 5.73 Å². The third kappa shape index (κ3) is 5.02. The van der Waals surface area contributed by atoms with E-state index in [1.807, 2.05) is 0 Å². The van der Waals surface area contributed by atoms with Crippen molar-refractivity contribution < 1.29 is 17.2 Å². The molecule has 0 aliphatic rings. The monoisotopic (exact) mass is 512 g/mol. The third-order valence-electron chi connectivity index (χ3n) is 5.64. The molecule has 1 heterocycles. The van der Waals surface area contributed by atoms with Crippen LogP contribution in [0.3, 0.4) is 0 Å². The summed E-state index contributed by atoms with van der Waals surface area (Å²) in [6, 6.07) is 16.8. The van der Waals surface area contributed by atoms with Crippen LogP contribution >= 0.6 is 0 Å². The van der Waals surface area contributed by atoms with E-state index in [2.05, 4.69) is 5.10 Å². The van der Waals surface area contributed by atoms with Crippen LogP contribution in [0.5, 0.6) is 0 Å². The molecule has 4 rings (SSSR count). The van der Waals surface area contributed by atoms with Crippen LogP contribution in [0, 0.1) is 11.6 Å². The van der Waals surface area contributed by atoms with Crippen LogP contribution in [0.4, 0.5) is 8.78 Å². The Kier molecular flexibility index (Phi) is 6.95. The minimum atomic E-state index is -3.86. The molecule has 0 spiro atoms. The van der Waals surface area contributed by atoms with Crippen LogP contribution in [-0.2, 0) is 22.9 Å². The zero-order valence-electron chi connectivity index (χ0n) is 19.1. The molecule has 11 heteroatoms. The van der Waals surface area contributed by atoms with Crippen LogP contribution < -0.4 is 17.0 Å². The number of nitrogens with zero attached hydrogens (tertiary/aromatic N) is 3. The highest BCUT2D eigenvalue weighted by atomic mass is 32.2. The Labute approximate surface area is 205 Å². The quantitative estimate of drug-likeness (QED) is 0.407. The van der Waals surface area contributed by atoms with E-state index in [-0.39, 0.29) is 22.6 Å². The molecule has 0 fully saturated rings. The van der Waals surface area contributed by atoms with Crippen molar-refractivity contribution >= 4 is 9.84 Å². The van der Waals surface area contributed by atoms with E-state index in [0.29, 0.717) is 5.56 Å². The molecule has 0 aliphatic heterocycles. The average molecular weight is 513 g/mol. The summed E-state index contributed by atoms with van der Waals surface area (Å²) in [5, 5.41) is 4.03. The van der Waals surface area contributed by atoms with Gasteiger partial charge in [0.2, 0.25) is 0 Å². The first-order valence-corrected chi connectivity index (χ1v) is 12.7. The fourth-order valence-electron chi connectivity index (χ4n) is 3.84. The number of halogens is 2. The highest BCUT2D eigenvalue weighted by molar-refractivity contribution is 7.90. The lowest BCUT2D eigenvalue weighted by atomic mass is 10.1. The van der Waals surface area contributed by atoms with Gasteiger partial charge in [0.15, 0.2) is 15.5 Å². The lowest BCUT2D eigenvalue weighted by Crippen LogP contribution is -2.44. The Morgan fingerprint density at radius 2 is 1.56 bits per heavy atom.